The molecule has 15 aromatic rings. The number of aromatic nitrogens is 4. The molecule has 15 rings (SSSR count). The van der Waals surface area contributed by atoms with Crippen molar-refractivity contribution in [1.82, 2.24) is 18.1 Å². The molecule has 0 N–H and O–H groups in total. The molecule has 0 saturated carbocycles. The monoisotopic (exact) mass is 812 g/mol. The van der Waals surface area contributed by atoms with Gasteiger partial charge in [-0.3, -0.25) is 0 Å². The van der Waals surface area contributed by atoms with E-state index < -0.39 is 0 Å². The predicted octanol–water partition coefficient (Wildman–Crippen LogP) is 15.8. The average Bonchev–Trinajstić information content (AvgIpc) is 4.15. The van der Waals surface area contributed by atoms with E-state index in [4.69, 9.17) is 0 Å². The molecule has 4 heteroatoms. The molecular formula is C60H36N4. The molecule has 0 radical (unpaired) electrons. The Morgan fingerprint density at radius 2 is 0.594 bits per heavy atom. The van der Waals surface area contributed by atoms with Crippen LogP contribution in [0.15, 0.2) is 218 Å². The first-order chi connectivity index (χ1) is 31.8. The molecule has 4 nitrogen and oxygen atoms in total. The third-order valence-corrected chi connectivity index (χ3v) is 14.1. The molecule has 5 aromatic heterocycles. The fourth-order valence-electron chi connectivity index (χ4n) is 11.4. The largest absolute Gasteiger partial charge is 0.309 e. The van der Waals surface area contributed by atoms with Crippen molar-refractivity contribution in [2.24, 2.45) is 0 Å². The minimum Gasteiger partial charge on any atom is -0.309 e. The lowest BCUT2D eigenvalue weighted by molar-refractivity contribution is 1.15. The fraction of sp³-hybridized carbons (Fsp3) is 0. The third-order valence-electron chi connectivity index (χ3n) is 14.1. The Bertz CT molecular complexity index is 4340. The van der Waals surface area contributed by atoms with Crippen molar-refractivity contribution >= 4 is 104 Å². The number of benzene rings is 10. The van der Waals surface area contributed by atoms with Gasteiger partial charge in [-0.15, -0.1) is 0 Å². The first-order valence-electron chi connectivity index (χ1n) is 22.1. The van der Waals surface area contributed by atoms with Crippen LogP contribution in [0.5, 0.6) is 0 Å². The van der Waals surface area contributed by atoms with Gasteiger partial charge in [0.2, 0.25) is 0 Å². The van der Waals surface area contributed by atoms with Gasteiger partial charge in [0.25, 0.3) is 0 Å². The highest BCUT2D eigenvalue weighted by Crippen LogP contribution is 2.44. The smallest absolute Gasteiger partial charge is 0.0622 e. The molecular weight excluding hydrogens is 777 g/mol. The number of hydrogen-bond donors (Lipinski definition) is 0. The Balaban J connectivity index is 0.916. The molecule has 0 saturated heterocycles. The molecule has 0 unspecified atom stereocenters. The van der Waals surface area contributed by atoms with Crippen molar-refractivity contribution in [3.8, 4) is 28.2 Å². The van der Waals surface area contributed by atoms with Crippen LogP contribution in [0, 0.1) is 0 Å². The predicted molar refractivity (Wildman–Crippen MR) is 270 cm³/mol. The zero-order chi connectivity index (χ0) is 41.6. The second-order valence-electron chi connectivity index (χ2n) is 17.3. The molecule has 0 atom stereocenters. The summed E-state index contributed by atoms with van der Waals surface area (Å²) in [4.78, 5) is 0. The maximum absolute atomic E-state index is 2.47. The molecule has 0 amide bonds. The zero-order valence-electron chi connectivity index (χ0n) is 34.6. The maximum Gasteiger partial charge on any atom is 0.0622 e. The highest BCUT2D eigenvalue weighted by molar-refractivity contribution is 6.24. The summed E-state index contributed by atoms with van der Waals surface area (Å²) < 4.78 is 9.77. The van der Waals surface area contributed by atoms with Crippen molar-refractivity contribution in [1.29, 1.82) is 0 Å². The molecule has 0 aliphatic carbocycles. The van der Waals surface area contributed by atoms with Gasteiger partial charge in [-0.25, -0.2) is 0 Å². The van der Waals surface area contributed by atoms with Gasteiger partial charge < -0.3 is 18.1 Å². The fourth-order valence-corrected chi connectivity index (χ4v) is 11.4. The molecule has 0 aliphatic heterocycles. The van der Waals surface area contributed by atoms with Gasteiger partial charge in [0.15, 0.2) is 0 Å². The van der Waals surface area contributed by atoms with Crippen molar-refractivity contribution in [2.75, 3.05) is 0 Å². The normalized spacial score (nSPS) is 12.4. The Morgan fingerprint density at radius 3 is 1.12 bits per heavy atom. The Hall–Kier alpha value is -8.60. The molecule has 296 valence electrons. The van der Waals surface area contributed by atoms with E-state index in [-0.39, 0.29) is 0 Å². The van der Waals surface area contributed by atoms with Gasteiger partial charge in [-0.2, -0.15) is 0 Å². The van der Waals surface area contributed by atoms with Crippen LogP contribution in [0.1, 0.15) is 0 Å². The Labute approximate surface area is 366 Å². The maximum atomic E-state index is 2.47. The quantitative estimate of drug-likeness (QED) is 0.169. The summed E-state index contributed by atoms with van der Waals surface area (Å²) in [5.74, 6) is 0. The summed E-state index contributed by atoms with van der Waals surface area (Å²) in [5.41, 5.74) is 16.9. The Kier molecular flexibility index (Phi) is 6.65. The lowest BCUT2D eigenvalue weighted by atomic mass is 10.0. The molecule has 64 heavy (non-hydrogen) atoms. The van der Waals surface area contributed by atoms with E-state index in [1.807, 2.05) is 0 Å². The molecule has 0 bridgehead atoms. The molecule has 10 aromatic carbocycles. The Morgan fingerprint density at radius 1 is 0.203 bits per heavy atom. The summed E-state index contributed by atoms with van der Waals surface area (Å²) in [6.07, 6.45) is 0. The lowest BCUT2D eigenvalue weighted by Crippen LogP contribution is -1.96. The van der Waals surface area contributed by atoms with Crippen LogP contribution in [-0.2, 0) is 0 Å². The second-order valence-corrected chi connectivity index (χ2v) is 17.3. The van der Waals surface area contributed by atoms with E-state index >= 15 is 0 Å². The third kappa shape index (κ3) is 4.46. The minimum atomic E-state index is 1.14. The number of para-hydroxylation sites is 6. The highest BCUT2D eigenvalue weighted by Gasteiger charge is 2.22. The van der Waals surface area contributed by atoms with E-state index in [2.05, 4.69) is 236 Å². The SMILES string of the molecule is c1ccc(-n2c3ccccc3c3ccc(-n4c5ccccc5c5cc(-c6ccc7c(c6)c6ccccc6n7-c6cc7c8ccccc8n8c9ccccc9c(c6)c78)ccc54)cc32)cc1. The van der Waals surface area contributed by atoms with E-state index in [0.717, 1.165) is 11.4 Å². The molecule has 0 spiro atoms. The highest BCUT2D eigenvalue weighted by atomic mass is 15.0. The average molecular weight is 813 g/mol. The first-order valence-corrected chi connectivity index (χ1v) is 22.1. The second kappa shape index (κ2) is 12.5. The molecule has 5 heterocycles. The van der Waals surface area contributed by atoms with E-state index in [1.165, 1.54) is 120 Å². The standard InChI is InChI=1S/C60H36N4/c1-2-14-39(15-3-1)61-52-21-9-4-16-42(52)47-29-28-40(36-59(47)61)62-53-22-10-5-17-43(53)48-32-37(26-30-57(48)62)38-27-31-58-49(33-38)44-18-6-11-23-54(44)63(58)41-34-50-45-19-7-12-24-55(45)64-56-25-13-8-20-46(56)51(35-41)60(50)64/h1-36H. The molecule has 0 fully saturated rings. The number of hydrogen-bond acceptors (Lipinski definition) is 0. The number of nitrogens with zero attached hydrogens (tertiary/aromatic N) is 4. The molecule has 0 aliphatic rings. The van der Waals surface area contributed by atoms with Gasteiger partial charge in [0.1, 0.15) is 0 Å². The van der Waals surface area contributed by atoms with Crippen molar-refractivity contribution < 1.29 is 0 Å². The van der Waals surface area contributed by atoms with Crippen molar-refractivity contribution in [3.63, 3.8) is 0 Å². The van der Waals surface area contributed by atoms with Gasteiger partial charge in [-0.1, -0.05) is 127 Å². The first kappa shape index (κ1) is 34.0. The van der Waals surface area contributed by atoms with Crippen LogP contribution >= 0.6 is 0 Å². The summed E-state index contributed by atoms with van der Waals surface area (Å²) in [5, 5.41) is 12.6. The van der Waals surface area contributed by atoms with Gasteiger partial charge in [0, 0.05) is 70.9 Å². The van der Waals surface area contributed by atoms with Crippen LogP contribution in [0.4, 0.5) is 0 Å². The van der Waals surface area contributed by atoms with Gasteiger partial charge in [0.05, 0.1) is 49.7 Å². The summed E-state index contributed by atoms with van der Waals surface area (Å²) in [6, 6.07) is 80.7. The van der Waals surface area contributed by atoms with Gasteiger partial charge in [-0.05, 0) is 102 Å². The topological polar surface area (TPSA) is 19.2 Å². The van der Waals surface area contributed by atoms with E-state index in [9.17, 15) is 0 Å². The van der Waals surface area contributed by atoms with E-state index in [0.29, 0.717) is 0 Å². The summed E-state index contributed by atoms with van der Waals surface area (Å²) >= 11 is 0. The summed E-state index contributed by atoms with van der Waals surface area (Å²) in [7, 11) is 0. The van der Waals surface area contributed by atoms with Crippen LogP contribution in [0.3, 0.4) is 0 Å². The van der Waals surface area contributed by atoms with Crippen LogP contribution in [0.2, 0.25) is 0 Å². The zero-order valence-corrected chi connectivity index (χ0v) is 34.6. The van der Waals surface area contributed by atoms with Crippen molar-refractivity contribution in [2.45, 2.75) is 0 Å². The van der Waals surface area contributed by atoms with Crippen LogP contribution in [0.25, 0.3) is 132 Å². The van der Waals surface area contributed by atoms with Gasteiger partial charge >= 0.3 is 0 Å². The van der Waals surface area contributed by atoms with Crippen LogP contribution in [-0.4, -0.2) is 18.1 Å². The van der Waals surface area contributed by atoms with E-state index in [1.54, 1.807) is 0 Å². The number of fused-ring (bicyclic) bond motifs is 15. The van der Waals surface area contributed by atoms with Crippen molar-refractivity contribution in [3.05, 3.63) is 218 Å². The summed E-state index contributed by atoms with van der Waals surface area (Å²) in [6.45, 7) is 0. The van der Waals surface area contributed by atoms with Crippen LogP contribution < -0.4 is 0 Å². The number of rotatable bonds is 4. The lowest BCUT2D eigenvalue weighted by Gasteiger charge is -2.11. The minimum absolute atomic E-state index is 1.14.